The SMILES string of the molecule is CN(CC(F)(F)C(F)(F)F)C(=O)C(C)(C)C. The van der Waals surface area contributed by atoms with Gasteiger partial charge in [0.05, 0.1) is 6.54 Å². The lowest BCUT2D eigenvalue weighted by Crippen LogP contribution is -2.49. The summed E-state index contributed by atoms with van der Waals surface area (Å²) in [6.45, 7) is 2.67. The Hall–Kier alpha value is -0.880. The van der Waals surface area contributed by atoms with E-state index in [0.29, 0.717) is 4.90 Å². The van der Waals surface area contributed by atoms with Crippen molar-refractivity contribution in [1.82, 2.24) is 4.90 Å². The number of alkyl halides is 5. The molecular weight excluding hydrogens is 233 g/mol. The maximum absolute atomic E-state index is 12.6. The van der Waals surface area contributed by atoms with Crippen molar-refractivity contribution in [2.45, 2.75) is 32.9 Å². The topological polar surface area (TPSA) is 20.3 Å². The first-order chi connectivity index (χ1) is 6.79. The van der Waals surface area contributed by atoms with E-state index in [1.807, 2.05) is 0 Å². The zero-order chi connectivity index (χ0) is 13.4. The summed E-state index contributed by atoms with van der Waals surface area (Å²) in [4.78, 5) is 11.8. The van der Waals surface area contributed by atoms with E-state index in [2.05, 4.69) is 0 Å². The molecule has 7 heteroatoms. The highest BCUT2D eigenvalue weighted by molar-refractivity contribution is 5.81. The molecule has 1 amide bonds. The summed E-state index contributed by atoms with van der Waals surface area (Å²) in [7, 11) is 0.924. The maximum atomic E-state index is 12.6. The van der Waals surface area contributed by atoms with Gasteiger partial charge in [-0.05, 0) is 0 Å². The molecule has 0 aromatic heterocycles. The summed E-state index contributed by atoms with van der Waals surface area (Å²) in [5, 5.41) is 0. The fraction of sp³-hybridized carbons (Fsp3) is 0.889. The van der Waals surface area contributed by atoms with E-state index in [9.17, 15) is 26.7 Å². The second kappa shape index (κ2) is 4.18. The normalized spacial score (nSPS) is 13.8. The fourth-order valence-corrected chi connectivity index (χ4v) is 1.03. The first-order valence-electron chi connectivity index (χ1n) is 4.49. The highest BCUT2D eigenvalue weighted by Gasteiger charge is 2.58. The van der Waals surface area contributed by atoms with Crippen molar-refractivity contribution < 1.29 is 26.7 Å². The molecule has 2 nitrogen and oxygen atoms in total. The van der Waals surface area contributed by atoms with Crippen LogP contribution in [-0.4, -0.2) is 36.5 Å². The molecule has 96 valence electrons. The lowest BCUT2D eigenvalue weighted by Gasteiger charge is -2.30. The first-order valence-corrected chi connectivity index (χ1v) is 4.49. The Balaban J connectivity index is 4.71. The van der Waals surface area contributed by atoms with Gasteiger partial charge in [-0.2, -0.15) is 22.0 Å². The Morgan fingerprint density at radius 3 is 1.69 bits per heavy atom. The Morgan fingerprint density at radius 1 is 1.06 bits per heavy atom. The van der Waals surface area contributed by atoms with Crippen LogP contribution >= 0.6 is 0 Å². The van der Waals surface area contributed by atoms with Gasteiger partial charge in [0, 0.05) is 12.5 Å². The van der Waals surface area contributed by atoms with Crippen LogP contribution < -0.4 is 0 Å². The third-order valence-corrected chi connectivity index (χ3v) is 1.84. The van der Waals surface area contributed by atoms with Gasteiger partial charge in [-0.3, -0.25) is 4.79 Å². The molecular formula is C9H14F5NO. The standard InChI is InChI=1S/C9H14F5NO/c1-7(2,3)6(16)15(4)5-8(10,11)9(12,13)14/h5H2,1-4H3. The number of rotatable bonds is 2. The monoisotopic (exact) mass is 247 g/mol. The Morgan fingerprint density at radius 2 is 1.44 bits per heavy atom. The van der Waals surface area contributed by atoms with Gasteiger partial charge in [0.2, 0.25) is 5.91 Å². The van der Waals surface area contributed by atoms with Crippen LogP contribution in [0.25, 0.3) is 0 Å². The van der Waals surface area contributed by atoms with Crippen LogP contribution in [-0.2, 0) is 4.79 Å². The van der Waals surface area contributed by atoms with E-state index in [1.54, 1.807) is 0 Å². The predicted molar refractivity (Wildman–Crippen MR) is 48.1 cm³/mol. The van der Waals surface area contributed by atoms with Gasteiger partial charge >= 0.3 is 12.1 Å². The van der Waals surface area contributed by atoms with Gasteiger partial charge in [0.15, 0.2) is 0 Å². The molecule has 0 spiro atoms. The number of hydrogen-bond donors (Lipinski definition) is 0. The number of amides is 1. The summed E-state index contributed by atoms with van der Waals surface area (Å²) < 4.78 is 60.8. The second-order valence-corrected chi connectivity index (χ2v) is 4.61. The molecule has 0 aromatic carbocycles. The van der Waals surface area contributed by atoms with Crippen molar-refractivity contribution in [2.75, 3.05) is 13.6 Å². The van der Waals surface area contributed by atoms with Gasteiger partial charge in [-0.25, -0.2) is 0 Å². The van der Waals surface area contributed by atoms with E-state index in [4.69, 9.17) is 0 Å². The van der Waals surface area contributed by atoms with E-state index in [-0.39, 0.29) is 0 Å². The molecule has 16 heavy (non-hydrogen) atoms. The van der Waals surface area contributed by atoms with Crippen LogP contribution in [0.4, 0.5) is 22.0 Å². The number of carbonyl (C=O) groups is 1. The maximum Gasteiger partial charge on any atom is 0.455 e. The first kappa shape index (κ1) is 15.1. The minimum absolute atomic E-state index is 0.396. The Labute approximate surface area is 90.4 Å². The van der Waals surface area contributed by atoms with Crippen LogP contribution in [0.1, 0.15) is 20.8 Å². The minimum atomic E-state index is -5.64. The average molecular weight is 247 g/mol. The molecule has 0 fully saturated rings. The summed E-state index contributed by atoms with van der Waals surface area (Å²) in [6, 6.07) is 0. The van der Waals surface area contributed by atoms with Crippen LogP contribution in [0, 0.1) is 5.41 Å². The smallest absolute Gasteiger partial charge is 0.339 e. The van der Waals surface area contributed by atoms with Crippen molar-refractivity contribution in [3.05, 3.63) is 0 Å². The van der Waals surface area contributed by atoms with E-state index >= 15 is 0 Å². The largest absolute Gasteiger partial charge is 0.455 e. The van der Waals surface area contributed by atoms with Crippen LogP contribution in [0.15, 0.2) is 0 Å². The quantitative estimate of drug-likeness (QED) is 0.687. The van der Waals surface area contributed by atoms with E-state index < -0.39 is 30.0 Å². The number of nitrogens with zero attached hydrogens (tertiary/aromatic N) is 1. The van der Waals surface area contributed by atoms with Gasteiger partial charge in [0.1, 0.15) is 0 Å². The zero-order valence-corrected chi connectivity index (χ0v) is 9.45. The van der Waals surface area contributed by atoms with Crippen molar-refractivity contribution in [3.8, 4) is 0 Å². The summed E-state index contributed by atoms with van der Waals surface area (Å²) in [5.74, 6) is -5.65. The third-order valence-electron chi connectivity index (χ3n) is 1.84. The van der Waals surface area contributed by atoms with Gasteiger partial charge in [0.25, 0.3) is 0 Å². The van der Waals surface area contributed by atoms with E-state index in [1.165, 1.54) is 20.8 Å². The number of carbonyl (C=O) groups excluding carboxylic acids is 1. The summed E-state index contributed by atoms with van der Waals surface area (Å²) >= 11 is 0. The van der Waals surface area contributed by atoms with Gasteiger partial charge < -0.3 is 4.90 Å². The Kier molecular flexibility index (Phi) is 3.95. The van der Waals surface area contributed by atoms with Crippen molar-refractivity contribution in [2.24, 2.45) is 5.41 Å². The third kappa shape index (κ3) is 3.61. The van der Waals surface area contributed by atoms with Crippen LogP contribution in [0.3, 0.4) is 0 Å². The molecule has 0 saturated heterocycles. The molecule has 0 aliphatic carbocycles. The highest BCUT2D eigenvalue weighted by Crippen LogP contribution is 2.36. The number of halogens is 5. The van der Waals surface area contributed by atoms with Gasteiger partial charge in [-0.15, -0.1) is 0 Å². The zero-order valence-electron chi connectivity index (χ0n) is 9.45. The molecule has 0 saturated carbocycles. The molecule has 0 bridgehead atoms. The second-order valence-electron chi connectivity index (χ2n) is 4.61. The Bertz CT molecular complexity index is 266. The van der Waals surface area contributed by atoms with Crippen molar-refractivity contribution in [1.29, 1.82) is 0 Å². The van der Waals surface area contributed by atoms with Crippen LogP contribution in [0.5, 0.6) is 0 Å². The number of hydrogen-bond acceptors (Lipinski definition) is 1. The molecule has 0 rings (SSSR count). The molecule has 0 heterocycles. The van der Waals surface area contributed by atoms with Crippen LogP contribution in [0.2, 0.25) is 0 Å². The fourth-order valence-electron chi connectivity index (χ4n) is 1.03. The molecule has 0 radical (unpaired) electrons. The lowest BCUT2D eigenvalue weighted by molar-refractivity contribution is -0.285. The predicted octanol–water partition coefficient (Wildman–Crippen LogP) is 2.69. The molecule has 0 aliphatic heterocycles. The summed E-state index contributed by atoms with van der Waals surface area (Å²) in [6.07, 6.45) is -5.64. The molecule has 0 unspecified atom stereocenters. The highest BCUT2D eigenvalue weighted by atomic mass is 19.4. The lowest BCUT2D eigenvalue weighted by atomic mass is 9.95. The molecule has 0 aliphatic rings. The molecule has 0 N–H and O–H groups in total. The summed E-state index contributed by atoms with van der Waals surface area (Å²) in [5.41, 5.74) is -0.990. The van der Waals surface area contributed by atoms with Gasteiger partial charge in [-0.1, -0.05) is 20.8 Å². The average Bonchev–Trinajstić information content (AvgIpc) is 1.97. The molecule has 0 atom stereocenters. The van der Waals surface area contributed by atoms with E-state index in [0.717, 1.165) is 7.05 Å². The molecule has 0 aromatic rings. The van der Waals surface area contributed by atoms with Crippen molar-refractivity contribution in [3.63, 3.8) is 0 Å². The van der Waals surface area contributed by atoms with Crippen molar-refractivity contribution >= 4 is 5.91 Å². The minimum Gasteiger partial charge on any atom is -0.339 e.